The fourth-order valence-electron chi connectivity index (χ4n) is 2.82. The molecular weight excluding hydrogens is 230 g/mol. The quantitative estimate of drug-likeness (QED) is 0.807. The summed E-state index contributed by atoms with van der Waals surface area (Å²) < 4.78 is 0. The minimum Gasteiger partial charge on any atom is -0.385 e. The summed E-state index contributed by atoms with van der Waals surface area (Å²) >= 11 is 5.96. The second-order valence-corrected chi connectivity index (χ2v) is 5.91. The maximum atomic E-state index is 5.96. The predicted octanol–water partition coefficient (Wildman–Crippen LogP) is 4.89. The number of benzene rings is 1. The molecule has 1 aromatic rings. The summed E-state index contributed by atoms with van der Waals surface area (Å²) in [5, 5.41) is 4.39. The highest BCUT2D eigenvalue weighted by atomic mass is 35.5. The van der Waals surface area contributed by atoms with Crippen LogP contribution >= 0.6 is 11.6 Å². The first-order chi connectivity index (χ1) is 8.15. The SMILES string of the molecule is Cc1cc(Cl)ccc1NCC1CCCC(C)C1. The Labute approximate surface area is 110 Å². The van der Waals surface area contributed by atoms with Crippen LogP contribution in [0, 0.1) is 18.8 Å². The summed E-state index contributed by atoms with van der Waals surface area (Å²) in [6.45, 7) is 5.59. The van der Waals surface area contributed by atoms with Crippen molar-refractivity contribution in [3.05, 3.63) is 28.8 Å². The summed E-state index contributed by atoms with van der Waals surface area (Å²) in [5.41, 5.74) is 2.47. The number of aryl methyl sites for hydroxylation is 1. The van der Waals surface area contributed by atoms with Crippen LogP contribution in [0.1, 0.15) is 38.2 Å². The molecule has 0 heterocycles. The van der Waals surface area contributed by atoms with Crippen molar-refractivity contribution in [3.63, 3.8) is 0 Å². The zero-order valence-electron chi connectivity index (χ0n) is 10.8. The molecule has 1 aromatic carbocycles. The first-order valence-electron chi connectivity index (χ1n) is 6.65. The van der Waals surface area contributed by atoms with Crippen LogP contribution in [0.3, 0.4) is 0 Å². The molecule has 1 aliphatic rings. The van der Waals surface area contributed by atoms with Crippen molar-refractivity contribution < 1.29 is 0 Å². The van der Waals surface area contributed by atoms with Gasteiger partial charge in [-0.2, -0.15) is 0 Å². The average Bonchev–Trinajstić information content (AvgIpc) is 2.28. The van der Waals surface area contributed by atoms with Gasteiger partial charge in [-0.3, -0.25) is 0 Å². The third-order valence-electron chi connectivity index (χ3n) is 3.81. The van der Waals surface area contributed by atoms with Crippen molar-refractivity contribution in [2.24, 2.45) is 11.8 Å². The molecule has 94 valence electrons. The lowest BCUT2D eigenvalue weighted by atomic mass is 9.82. The molecule has 1 aliphatic carbocycles. The van der Waals surface area contributed by atoms with Crippen LogP contribution in [0.5, 0.6) is 0 Å². The van der Waals surface area contributed by atoms with E-state index in [4.69, 9.17) is 11.6 Å². The molecule has 1 N–H and O–H groups in total. The summed E-state index contributed by atoms with van der Waals surface area (Å²) in [6.07, 6.45) is 5.56. The molecule has 2 atom stereocenters. The Hall–Kier alpha value is -0.690. The van der Waals surface area contributed by atoms with Crippen LogP contribution < -0.4 is 5.32 Å². The third kappa shape index (κ3) is 3.64. The van der Waals surface area contributed by atoms with Gasteiger partial charge in [0.05, 0.1) is 0 Å². The molecule has 1 nitrogen and oxygen atoms in total. The Kier molecular flexibility index (Phi) is 4.33. The Morgan fingerprint density at radius 1 is 1.35 bits per heavy atom. The highest BCUT2D eigenvalue weighted by Crippen LogP contribution is 2.29. The van der Waals surface area contributed by atoms with Crippen molar-refractivity contribution in [1.29, 1.82) is 0 Å². The molecule has 2 rings (SSSR count). The Morgan fingerprint density at radius 2 is 2.18 bits per heavy atom. The van der Waals surface area contributed by atoms with E-state index in [1.807, 2.05) is 12.1 Å². The molecule has 0 aliphatic heterocycles. The monoisotopic (exact) mass is 251 g/mol. The zero-order valence-corrected chi connectivity index (χ0v) is 11.6. The fourth-order valence-corrected chi connectivity index (χ4v) is 3.05. The molecule has 1 fully saturated rings. The maximum absolute atomic E-state index is 5.96. The number of hydrogen-bond donors (Lipinski definition) is 1. The summed E-state index contributed by atoms with van der Waals surface area (Å²) in [5.74, 6) is 1.75. The van der Waals surface area contributed by atoms with Gasteiger partial charge >= 0.3 is 0 Å². The zero-order chi connectivity index (χ0) is 12.3. The molecular formula is C15H22ClN. The van der Waals surface area contributed by atoms with Gasteiger partial charge < -0.3 is 5.32 Å². The molecule has 17 heavy (non-hydrogen) atoms. The van der Waals surface area contributed by atoms with E-state index in [9.17, 15) is 0 Å². The van der Waals surface area contributed by atoms with Crippen LogP contribution in [-0.4, -0.2) is 6.54 Å². The molecule has 0 radical (unpaired) electrons. The Balaban J connectivity index is 1.88. The normalized spacial score (nSPS) is 24.6. The standard InChI is InChI=1S/C15H22ClN/c1-11-4-3-5-13(8-11)10-17-15-7-6-14(16)9-12(15)2/h6-7,9,11,13,17H,3-5,8,10H2,1-2H3. The van der Waals surface area contributed by atoms with E-state index < -0.39 is 0 Å². The van der Waals surface area contributed by atoms with Crippen molar-refractivity contribution in [3.8, 4) is 0 Å². The minimum absolute atomic E-state index is 0.819. The fraction of sp³-hybridized carbons (Fsp3) is 0.600. The summed E-state index contributed by atoms with van der Waals surface area (Å²) in [6, 6.07) is 6.07. The van der Waals surface area contributed by atoms with Crippen LogP contribution in [0.25, 0.3) is 0 Å². The lowest BCUT2D eigenvalue weighted by molar-refractivity contribution is 0.293. The van der Waals surface area contributed by atoms with Crippen molar-refractivity contribution in [2.45, 2.75) is 39.5 Å². The van der Waals surface area contributed by atoms with E-state index in [1.54, 1.807) is 0 Å². The van der Waals surface area contributed by atoms with Gasteiger partial charge in [0.25, 0.3) is 0 Å². The number of anilines is 1. The van der Waals surface area contributed by atoms with E-state index in [-0.39, 0.29) is 0 Å². The minimum atomic E-state index is 0.819. The lowest BCUT2D eigenvalue weighted by Crippen LogP contribution is -2.21. The second-order valence-electron chi connectivity index (χ2n) is 5.48. The van der Waals surface area contributed by atoms with Gasteiger partial charge in [0.1, 0.15) is 0 Å². The largest absolute Gasteiger partial charge is 0.385 e. The molecule has 0 aromatic heterocycles. The van der Waals surface area contributed by atoms with Gasteiger partial charge in [-0.15, -0.1) is 0 Å². The van der Waals surface area contributed by atoms with Gasteiger partial charge in [0.15, 0.2) is 0 Å². The van der Waals surface area contributed by atoms with Gasteiger partial charge in [-0.1, -0.05) is 31.4 Å². The van der Waals surface area contributed by atoms with E-state index >= 15 is 0 Å². The number of hydrogen-bond acceptors (Lipinski definition) is 1. The smallest absolute Gasteiger partial charge is 0.0410 e. The van der Waals surface area contributed by atoms with Gasteiger partial charge in [-0.05, 0) is 55.4 Å². The number of nitrogens with one attached hydrogen (secondary N) is 1. The van der Waals surface area contributed by atoms with Crippen molar-refractivity contribution in [1.82, 2.24) is 0 Å². The Bertz CT molecular complexity index is 375. The molecule has 2 heteroatoms. The Morgan fingerprint density at radius 3 is 2.88 bits per heavy atom. The summed E-state index contributed by atoms with van der Waals surface area (Å²) in [7, 11) is 0. The number of rotatable bonds is 3. The van der Waals surface area contributed by atoms with Crippen LogP contribution in [-0.2, 0) is 0 Å². The molecule has 0 amide bonds. The highest BCUT2D eigenvalue weighted by Gasteiger charge is 2.18. The van der Waals surface area contributed by atoms with Crippen LogP contribution in [0.15, 0.2) is 18.2 Å². The highest BCUT2D eigenvalue weighted by molar-refractivity contribution is 6.30. The third-order valence-corrected chi connectivity index (χ3v) is 4.05. The average molecular weight is 252 g/mol. The van der Waals surface area contributed by atoms with Crippen LogP contribution in [0.4, 0.5) is 5.69 Å². The molecule has 0 bridgehead atoms. The predicted molar refractivity (Wildman–Crippen MR) is 75.8 cm³/mol. The van der Waals surface area contributed by atoms with E-state index in [0.29, 0.717) is 0 Å². The molecule has 2 unspecified atom stereocenters. The van der Waals surface area contributed by atoms with Gasteiger partial charge in [-0.25, -0.2) is 0 Å². The summed E-state index contributed by atoms with van der Waals surface area (Å²) in [4.78, 5) is 0. The molecule has 0 saturated heterocycles. The van der Waals surface area contributed by atoms with E-state index in [0.717, 1.165) is 23.4 Å². The van der Waals surface area contributed by atoms with E-state index in [2.05, 4.69) is 25.2 Å². The first-order valence-corrected chi connectivity index (χ1v) is 7.03. The lowest BCUT2D eigenvalue weighted by Gasteiger charge is -2.27. The van der Waals surface area contributed by atoms with Crippen LogP contribution in [0.2, 0.25) is 5.02 Å². The first kappa shape index (κ1) is 12.8. The second kappa shape index (κ2) is 5.77. The van der Waals surface area contributed by atoms with E-state index in [1.165, 1.54) is 36.9 Å². The van der Waals surface area contributed by atoms with Crippen molar-refractivity contribution >= 4 is 17.3 Å². The number of halogens is 1. The molecule has 0 spiro atoms. The van der Waals surface area contributed by atoms with Crippen molar-refractivity contribution in [2.75, 3.05) is 11.9 Å². The molecule has 1 saturated carbocycles. The maximum Gasteiger partial charge on any atom is 0.0410 e. The van der Waals surface area contributed by atoms with Gasteiger partial charge in [0, 0.05) is 17.3 Å². The topological polar surface area (TPSA) is 12.0 Å². The van der Waals surface area contributed by atoms with Gasteiger partial charge in [0.2, 0.25) is 0 Å².